The first kappa shape index (κ1) is 16.7. The van der Waals surface area contributed by atoms with E-state index < -0.39 is 6.04 Å². The Morgan fingerprint density at radius 2 is 1.48 bits per heavy atom. The van der Waals surface area contributed by atoms with Crippen molar-refractivity contribution in [2.45, 2.75) is 32.9 Å². The summed E-state index contributed by atoms with van der Waals surface area (Å²) in [5.74, 6) is -0.469. The van der Waals surface area contributed by atoms with Gasteiger partial charge in [0.2, 0.25) is 5.91 Å². The van der Waals surface area contributed by atoms with Crippen molar-refractivity contribution in [3.63, 3.8) is 0 Å². The van der Waals surface area contributed by atoms with Crippen molar-refractivity contribution < 1.29 is 9.59 Å². The van der Waals surface area contributed by atoms with Crippen LogP contribution < -0.4 is 10.6 Å². The van der Waals surface area contributed by atoms with Crippen LogP contribution in [0.25, 0.3) is 0 Å². The van der Waals surface area contributed by atoms with Crippen molar-refractivity contribution in [1.29, 1.82) is 0 Å². The number of aryl methyl sites for hydroxylation is 1. The lowest BCUT2D eigenvalue weighted by atomic mass is 10.0. The number of hydrogen-bond acceptors (Lipinski definition) is 2. The molecule has 2 aromatic rings. The van der Waals surface area contributed by atoms with Gasteiger partial charge in [0.25, 0.3) is 5.91 Å². The second-order valence-electron chi connectivity index (χ2n) is 5.80. The van der Waals surface area contributed by atoms with Crippen LogP contribution in [-0.4, -0.2) is 17.9 Å². The number of benzene rings is 2. The Morgan fingerprint density at radius 3 is 2.09 bits per heavy atom. The first-order chi connectivity index (χ1) is 11.0. The van der Waals surface area contributed by atoms with Crippen LogP contribution in [0.3, 0.4) is 0 Å². The monoisotopic (exact) mass is 310 g/mol. The molecule has 23 heavy (non-hydrogen) atoms. The lowest BCUT2D eigenvalue weighted by Crippen LogP contribution is -2.42. The topological polar surface area (TPSA) is 58.2 Å². The molecule has 0 saturated heterocycles. The standard InChI is InChI=1S/C19H22N2O2/c1-13(2)20-19(23)17(15-10-5-4-6-11-15)21-18(22)16-12-8-7-9-14(16)3/h4-13,17H,1-3H3,(H,20,23)(H,21,22)/t17-/m0/s1. The second-order valence-corrected chi connectivity index (χ2v) is 5.80. The molecule has 0 aromatic heterocycles. The van der Waals surface area contributed by atoms with Crippen LogP contribution in [0.4, 0.5) is 0 Å². The van der Waals surface area contributed by atoms with Gasteiger partial charge in [-0.3, -0.25) is 9.59 Å². The minimum absolute atomic E-state index is 0.00377. The summed E-state index contributed by atoms with van der Waals surface area (Å²) in [5.41, 5.74) is 2.21. The molecule has 2 aromatic carbocycles. The summed E-state index contributed by atoms with van der Waals surface area (Å²) in [6, 6.07) is 15.9. The van der Waals surface area contributed by atoms with Gasteiger partial charge in [0.1, 0.15) is 6.04 Å². The summed E-state index contributed by atoms with van der Waals surface area (Å²) in [4.78, 5) is 25.0. The molecule has 4 heteroatoms. The third-order valence-electron chi connectivity index (χ3n) is 3.49. The second kappa shape index (κ2) is 7.58. The zero-order valence-electron chi connectivity index (χ0n) is 13.7. The van der Waals surface area contributed by atoms with E-state index in [0.717, 1.165) is 11.1 Å². The Hall–Kier alpha value is -2.62. The molecule has 1 atom stereocenters. The Balaban J connectivity index is 2.26. The average molecular weight is 310 g/mol. The van der Waals surface area contributed by atoms with Gasteiger partial charge in [0, 0.05) is 11.6 Å². The van der Waals surface area contributed by atoms with Crippen molar-refractivity contribution in [2.75, 3.05) is 0 Å². The zero-order valence-corrected chi connectivity index (χ0v) is 13.7. The van der Waals surface area contributed by atoms with Gasteiger partial charge in [-0.05, 0) is 38.0 Å². The molecule has 0 aliphatic carbocycles. The predicted octanol–water partition coefficient (Wildman–Crippen LogP) is 2.99. The summed E-state index contributed by atoms with van der Waals surface area (Å²) < 4.78 is 0. The quantitative estimate of drug-likeness (QED) is 0.892. The Labute approximate surface area is 136 Å². The molecule has 0 fully saturated rings. The van der Waals surface area contributed by atoms with E-state index in [1.807, 2.05) is 69.3 Å². The van der Waals surface area contributed by atoms with Crippen LogP contribution in [-0.2, 0) is 4.79 Å². The molecule has 0 aliphatic heterocycles. The summed E-state index contributed by atoms with van der Waals surface area (Å²) in [7, 11) is 0. The van der Waals surface area contributed by atoms with E-state index in [-0.39, 0.29) is 17.9 Å². The Morgan fingerprint density at radius 1 is 0.870 bits per heavy atom. The smallest absolute Gasteiger partial charge is 0.252 e. The molecular formula is C19H22N2O2. The molecule has 2 N–H and O–H groups in total. The number of rotatable bonds is 5. The van der Waals surface area contributed by atoms with Crippen LogP contribution in [0.15, 0.2) is 54.6 Å². The van der Waals surface area contributed by atoms with Gasteiger partial charge in [-0.2, -0.15) is 0 Å². The van der Waals surface area contributed by atoms with Gasteiger partial charge in [-0.15, -0.1) is 0 Å². The molecule has 0 aliphatic rings. The van der Waals surface area contributed by atoms with Crippen LogP contribution in [0, 0.1) is 6.92 Å². The first-order valence-corrected chi connectivity index (χ1v) is 7.71. The summed E-state index contributed by atoms with van der Waals surface area (Å²) in [6.07, 6.45) is 0. The van der Waals surface area contributed by atoms with Gasteiger partial charge < -0.3 is 10.6 Å². The van der Waals surface area contributed by atoms with Gasteiger partial charge >= 0.3 is 0 Å². The van der Waals surface area contributed by atoms with Crippen molar-refractivity contribution >= 4 is 11.8 Å². The molecule has 0 saturated carbocycles. The third kappa shape index (κ3) is 4.42. The van der Waals surface area contributed by atoms with Crippen molar-refractivity contribution in [1.82, 2.24) is 10.6 Å². The highest BCUT2D eigenvalue weighted by molar-refractivity contribution is 5.98. The number of nitrogens with one attached hydrogen (secondary N) is 2. The van der Waals surface area contributed by atoms with E-state index >= 15 is 0 Å². The van der Waals surface area contributed by atoms with E-state index in [0.29, 0.717) is 5.56 Å². The van der Waals surface area contributed by atoms with Crippen LogP contribution >= 0.6 is 0 Å². The van der Waals surface area contributed by atoms with E-state index in [9.17, 15) is 9.59 Å². The molecule has 0 unspecified atom stereocenters. The fourth-order valence-electron chi connectivity index (χ4n) is 2.35. The SMILES string of the molecule is Cc1ccccc1C(=O)N[C@H](C(=O)NC(C)C)c1ccccc1. The molecule has 2 rings (SSSR count). The highest BCUT2D eigenvalue weighted by atomic mass is 16.2. The maximum atomic E-state index is 12.5. The fraction of sp³-hybridized carbons (Fsp3) is 0.263. The highest BCUT2D eigenvalue weighted by Crippen LogP contribution is 2.15. The van der Waals surface area contributed by atoms with Crippen molar-refractivity contribution in [3.05, 3.63) is 71.3 Å². The van der Waals surface area contributed by atoms with E-state index in [1.165, 1.54) is 0 Å². The molecule has 0 bridgehead atoms. The molecule has 4 nitrogen and oxygen atoms in total. The van der Waals surface area contributed by atoms with E-state index in [2.05, 4.69) is 10.6 Å². The molecule has 120 valence electrons. The number of carbonyl (C=O) groups excluding carboxylic acids is 2. The van der Waals surface area contributed by atoms with Gasteiger partial charge in [0.15, 0.2) is 0 Å². The molecule has 0 radical (unpaired) electrons. The lowest BCUT2D eigenvalue weighted by Gasteiger charge is -2.20. The predicted molar refractivity (Wildman–Crippen MR) is 91.1 cm³/mol. The number of hydrogen-bond donors (Lipinski definition) is 2. The Bertz CT molecular complexity index is 681. The van der Waals surface area contributed by atoms with Crippen molar-refractivity contribution in [2.24, 2.45) is 0 Å². The maximum absolute atomic E-state index is 12.5. The van der Waals surface area contributed by atoms with Crippen LogP contribution in [0.1, 0.15) is 41.4 Å². The molecule has 0 spiro atoms. The largest absolute Gasteiger partial charge is 0.352 e. The number of carbonyl (C=O) groups is 2. The van der Waals surface area contributed by atoms with Gasteiger partial charge in [0.05, 0.1) is 0 Å². The molecule has 2 amide bonds. The maximum Gasteiger partial charge on any atom is 0.252 e. The minimum Gasteiger partial charge on any atom is -0.352 e. The highest BCUT2D eigenvalue weighted by Gasteiger charge is 2.24. The fourth-order valence-corrected chi connectivity index (χ4v) is 2.35. The Kier molecular flexibility index (Phi) is 5.52. The van der Waals surface area contributed by atoms with Crippen LogP contribution in [0.2, 0.25) is 0 Å². The molecule has 0 heterocycles. The number of amides is 2. The lowest BCUT2D eigenvalue weighted by molar-refractivity contribution is -0.123. The summed E-state index contributed by atoms with van der Waals surface area (Å²) in [5, 5.41) is 5.70. The normalized spacial score (nSPS) is 11.8. The van der Waals surface area contributed by atoms with E-state index in [4.69, 9.17) is 0 Å². The van der Waals surface area contributed by atoms with E-state index in [1.54, 1.807) is 6.07 Å². The van der Waals surface area contributed by atoms with Gasteiger partial charge in [-0.1, -0.05) is 48.5 Å². The van der Waals surface area contributed by atoms with Crippen LogP contribution in [0.5, 0.6) is 0 Å². The summed E-state index contributed by atoms with van der Waals surface area (Å²) >= 11 is 0. The minimum atomic E-state index is -0.717. The van der Waals surface area contributed by atoms with Gasteiger partial charge in [-0.25, -0.2) is 0 Å². The van der Waals surface area contributed by atoms with Crippen molar-refractivity contribution in [3.8, 4) is 0 Å². The first-order valence-electron chi connectivity index (χ1n) is 7.71. The zero-order chi connectivity index (χ0) is 16.8. The summed E-state index contributed by atoms with van der Waals surface area (Å²) in [6.45, 7) is 5.66. The average Bonchev–Trinajstić information content (AvgIpc) is 2.53. The molecular weight excluding hydrogens is 288 g/mol. The third-order valence-corrected chi connectivity index (χ3v) is 3.49.